The molecule has 4 aromatic rings. The lowest BCUT2D eigenvalue weighted by Crippen LogP contribution is -2.22. The largest absolute Gasteiger partial charge is 0.508 e. The molecule has 0 unspecified atom stereocenters. The molecule has 6 heteroatoms. The lowest BCUT2D eigenvalue weighted by atomic mass is 10.1. The molecule has 0 bridgehead atoms. The van der Waals surface area contributed by atoms with Crippen molar-refractivity contribution in [1.29, 1.82) is 0 Å². The van der Waals surface area contributed by atoms with Gasteiger partial charge in [-0.05, 0) is 54.7 Å². The van der Waals surface area contributed by atoms with Gasteiger partial charge in [-0.3, -0.25) is 0 Å². The smallest absolute Gasteiger partial charge is 0.135 e. The summed E-state index contributed by atoms with van der Waals surface area (Å²) in [5.41, 5.74) is 13.3. The van der Waals surface area contributed by atoms with Gasteiger partial charge in [-0.2, -0.15) is 5.10 Å². The number of rotatable bonds is 6. The topological polar surface area (TPSA) is 87.9 Å². The quantitative estimate of drug-likeness (QED) is 0.267. The van der Waals surface area contributed by atoms with Crippen LogP contribution in [0.15, 0.2) is 72.0 Å². The number of anilines is 1. The number of phenols is 1. The Hall–Kier alpha value is -3.80. The van der Waals surface area contributed by atoms with Crippen LogP contribution in [0.5, 0.6) is 5.75 Å². The monoisotopic (exact) mass is 439 g/mol. The van der Waals surface area contributed by atoms with Gasteiger partial charge in [0.15, 0.2) is 0 Å². The molecular weight excluding hydrogens is 410 g/mol. The van der Waals surface area contributed by atoms with E-state index in [9.17, 15) is 5.11 Å². The number of phenolic OH excluding ortho intramolecular Hbond substituents is 1. The van der Waals surface area contributed by atoms with Crippen molar-refractivity contribution in [3.05, 3.63) is 78.1 Å². The van der Waals surface area contributed by atoms with Crippen molar-refractivity contribution in [3.63, 3.8) is 0 Å². The summed E-state index contributed by atoms with van der Waals surface area (Å²) in [6.45, 7) is 2.04. The molecule has 168 valence electrons. The van der Waals surface area contributed by atoms with Gasteiger partial charge < -0.3 is 16.2 Å². The number of nitrogens with one attached hydrogen (secondary N) is 1. The number of amidine groups is 1. The van der Waals surface area contributed by atoms with Crippen LogP contribution in [0.2, 0.25) is 0 Å². The maximum atomic E-state index is 9.84. The van der Waals surface area contributed by atoms with Crippen LogP contribution >= 0.6 is 0 Å². The van der Waals surface area contributed by atoms with E-state index < -0.39 is 0 Å². The van der Waals surface area contributed by atoms with Crippen molar-refractivity contribution in [3.8, 4) is 16.9 Å². The summed E-state index contributed by atoms with van der Waals surface area (Å²) in [5, 5.41) is 18.3. The highest BCUT2D eigenvalue weighted by Gasteiger charge is 2.20. The van der Waals surface area contributed by atoms with Crippen molar-refractivity contribution >= 4 is 22.7 Å². The Morgan fingerprint density at radius 2 is 1.91 bits per heavy atom. The number of aromatic nitrogens is 2. The van der Waals surface area contributed by atoms with Gasteiger partial charge in [0.25, 0.3) is 0 Å². The van der Waals surface area contributed by atoms with Gasteiger partial charge in [-0.25, -0.2) is 9.51 Å². The van der Waals surface area contributed by atoms with Crippen LogP contribution in [-0.2, 0) is 6.42 Å². The lowest BCUT2D eigenvalue weighted by molar-refractivity contribution is 0.474. The third kappa shape index (κ3) is 4.29. The van der Waals surface area contributed by atoms with E-state index in [1.807, 2.05) is 35.7 Å². The lowest BCUT2D eigenvalue weighted by Gasteiger charge is -2.18. The third-order valence-electron chi connectivity index (χ3n) is 6.41. The van der Waals surface area contributed by atoms with Crippen molar-refractivity contribution in [2.24, 2.45) is 10.7 Å². The van der Waals surface area contributed by atoms with E-state index >= 15 is 0 Å². The van der Waals surface area contributed by atoms with E-state index in [0.29, 0.717) is 11.9 Å². The Balaban J connectivity index is 1.62. The molecule has 2 aromatic carbocycles. The van der Waals surface area contributed by atoms with Crippen molar-refractivity contribution in [2.75, 3.05) is 5.32 Å². The van der Waals surface area contributed by atoms with Gasteiger partial charge in [0, 0.05) is 17.8 Å². The number of aromatic hydroxyl groups is 1. The number of nitrogens with zero attached hydrogens (tertiary/aromatic N) is 3. The Morgan fingerprint density at radius 1 is 1.12 bits per heavy atom. The molecule has 0 saturated heterocycles. The molecule has 0 amide bonds. The Bertz CT molecular complexity index is 1300. The van der Waals surface area contributed by atoms with Gasteiger partial charge >= 0.3 is 0 Å². The van der Waals surface area contributed by atoms with Crippen LogP contribution in [0.1, 0.15) is 43.7 Å². The van der Waals surface area contributed by atoms with Crippen LogP contribution in [-0.4, -0.2) is 26.6 Å². The van der Waals surface area contributed by atoms with Crippen LogP contribution in [0.4, 0.5) is 11.4 Å². The molecule has 1 aliphatic carbocycles. The predicted molar refractivity (Wildman–Crippen MR) is 134 cm³/mol. The minimum atomic E-state index is 0.234. The summed E-state index contributed by atoms with van der Waals surface area (Å²) < 4.78 is 1.91. The van der Waals surface area contributed by atoms with Crippen molar-refractivity contribution < 1.29 is 5.11 Å². The molecule has 0 atom stereocenters. The summed E-state index contributed by atoms with van der Waals surface area (Å²) in [4.78, 5) is 4.74. The van der Waals surface area contributed by atoms with Crippen molar-refractivity contribution in [2.45, 2.75) is 45.1 Å². The Labute approximate surface area is 193 Å². The molecule has 6 nitrogen and oxygen atoms in total. The maximum absolute atomic E-state index is 9.84. The van der Waals surface area contributed by atoms with Gasteiger partial charge in [-0.1, -0.05) is 50.1 Å². The fraction of sp³-hybridized carbons (Fsp3) is 0.259. The first-order valence-electron chi connectivity index (χ1n) is 11.6. The zero-order valence-corrected chi connectivity index (χ0v) is 18.8. The first-order chi connectivity index (χ1) is 16.1. The molecular formula is C27H29N5O. The van der Waals surface area contributed by atoms with E-state index in [1.54, 1.807) is 18.3 Å². The minimum Gasteiger partial charge on any atom is -0.508 e. The molecule has 4 N–H and O–H groups in total. The second-order valence-corrected chi connectivity index (χ2v) is 8.65. The normalized spacial score (nSPS) is 14.8. The summed E-state index contributed by atoms with van der Waals surface area (Å²) in [6, 6.07) is 18.1. The van der Waals surface area contributed by atoms with Gasteiger partial charge in [0.2, 0.25) is 0 Å². The summed E-state index contributed by atoms with van der Waals surface area (Å²) in [6.07, 6.45) is 9.37. The second kappa shape index (κ2) is 8.98. The molecule has 33 heavy (non-hydrogen) atoms. The SMILES string of the molecule is CCc1cc(O)ccc1N=C(N)c1cnn2cc(-c3ccccc3)cc2c1NC1CCCC1. The molecule has 5 rings (SSSR count). The first kappa shape index (κ1) is 21.1. The number of hydrogen-bond donors (Lipinski definition) is 3. The van der Waals surface area contributed by atoms with E-state index in [2.05, 4.69) is 34.8 Å². The molecule has 0 radical (unpaired) electrons. The molecule has 1 aliphatic rings. The van der Waals surface area contributed by atoms with E-state index in [4.69, 9.17) is 10.7 Å². The highest BCUT2D eigenvalue weighted by Crippen LogP contribution is 2.32. The van der Waals surface area contributed by atoms with Crippen LogP contribution in [0, 0.1) is 0 Å². The van der Waals surface area contributed by atoms with E-state index in [0.717, 1.165) is 58.4 Å². The van der Waals surface area contributed by atoms with Gasteiger partial charge in [-0.15, -0.1) is 0 Å². The summed E-state index contributed by atoms with van der Waals surface area (Å²) in [7, 11) is 0. The predicted octanol–water partition coefficient (Wildman–Crippen LogP) is 5.66. The average Bonchev–Trinajstić information content (AvgIpc) is 3.51. The first-order valence-corrected chi connectivity index (χ1v) is 11.6. The number of nitrogens with two attached hydrogens (primary N) is 1. The number of hydrogen-bond acceptors (Lipinski definition) is 4. The number of aliphatic imine (C=N–C) groups is 1. The fourth-order valence-electron chi connectivity index (χ4n) is 4.62. The second-order valence-electron chi connectivity index (χ2n) is 8.65. The third-order valence-corrected chi connectivity index (χ3v) is 6.41. The summed E-state index contributed by atoms with van der Waals surface area (Å²) >= 11 is 0. The van der Waals surface area contributed by atoms with Crippen molar-refractivity contribution in [1.82, 2.24) is 9.61 Å². The standard InChI is InChI=1S/C27H29N5O/c1-2-18-14-22(33)12-13-24(18)31-27(28)23-16-29-32-17-20(19-8-4-3-5-9-19)15-25(32)26(23)30-21-10-6-7-11-21/h3-5,8-9,12-17,21,30,33H,2,6-7,10-11H2,1H3,(H2,28,31). The highest BCUT2D eigenvalue weighted by atomic mass is 16.3. The zero-order chi connectivity index (χ0) is 22.8. The highest BCUT2D eigenvalue weighted by molar-refractivity contribution is 6.06. The minimum absolute atomic E-state index is 0.234. The zero-order valence-electron chi connectivity index (χ0n) is 18.8. The maximum Gasteiger partial charge on any atom is 0.135 e. The fourth-order valence-corrected chi connectivity index (χ4v) is 4.62. The molecule has 0 aliphatic heterocycles. The molecule has 1 fully saturated rings. The van der Waals surface area contributed by atoms with Crippen LogP contribution < -0.4 is 11.1 Å². The Morgan fingerprint density at radius 3 is 2.67 bits per heavy atom. The van der Waals surface area contributed by atoms with Gasteiger partial charge in [0.05, 0.1) is 28.7 Å². The van der Waals surface area contributed by atoms with Gasteiger partial charge in [0.1, 0.15) is 11.6 Å². The van der Waals surface area contributed by atoms with Crippen LogP contribution in [0.25, 0.3) is 16.6 Å². The Kier molecular flexibility index (Phi) is 5.73. The number of benzene rings is 2. The molecule has 1 saturated carbocycles. The average molecular weight is 440 g/mol. The van der Waals surface area contributed by atoms with Crippen LogP contribution in [0.3, 0.4) is 0 Å². The summed E-state index contributed by atoms with van der Waals surface area (Å²) in [5.74, 6) is 0.644. The molecule has 2 aromatic heterocycles. The van der Waals surface area contributed by atoms with E-state index in [1.165, 1.54) is 12.8 Å². The number of fused-ring (bicyclic) bond motifs is 1. The molecule has 0 spiro atoms. The number of aryl methyl sites for hydroxylation is 1. The molecule has 2 heterocycles. The van der Waals surface area contributed by atoms with E-state index in [-0.39, 0.29) is 5.75 Å².